The molecule has 1 fully saturated rings. The van der Waals surface area contributed by atoms with Gasteiger partial charge in [-0.1, -0.05) is 73.9 Å². The van der Waals surface area contributed by atoms with Crippen molar-refractivity contribution in [2.24, 2.45) is 0 Å². The second-order valence-electron chi connectivity index (χ2n) is 10.7. The lowest BCUT2D eigenvalue weighted by Crippen LogP contribution is -2.52. The fraction of sp³-hybridized carbons (Fsp3) is 0.387. The number of halogens is 3. The number of hydrogen-bond acceptors (Lipinski definition) is 3. The molecule has 10 heteroatoms. The summed E-state index contributed by atoms with van der Waals surface area (Å²) in [4.78, 5) is 43.8. The van der Waals surface area contributed by atoms with Gasteiger partial charge >= 0.3 is 12.2 Å². The molecule has 1 aliphatic carbocycles. The Morgan fingerprint density at radius 3 is 2.41 bits per heavy atom. The standard InChI is InChI=1S/C31H33F3N4O3/c1-2-17-37-25-19-38(24(18-20-11-5-3-6-12-20)28(39)35-21-13-7-4-8-14-21)29(40)26(25)27(36-30(37)41)22-15-9-10-16-23(22)31(32,33)34/h2-3,5-6,9-12,15-16,21,24,27H,1,4,7-8,13-14,17-19H2,(H,35,39)(H,36,41)/t24-,27+/m1/s1. The van der Waals surface area contributed by atoms with Crippen LogP contribution in [0.4, 0.5) is 18.0 Å². The molecule has 0 radical (unpaired) electrons. The summed E-state index contributed by atoms with van der Waals surface area (Å²) in [7, 11) is 0. The first-order valence-electron chi connectivity index (χ1n) is 13.9. The molecule has 4 amide bonds. The summed E-state index contributed by atoms with van der Waals surface area (Å²) in [6.07, 6.45) is 1.85. The number of amides is 4. The van der Waals surface area contributed by atoms with Crippen molar-refractivity contribution < 1.29 is 27.6 Å². The van der Waals surface area contributed by atoms with Crippen LogP contribution in [0.2, 0.25) is 0 Å². The van der Waals surface area contributed by atoms with Crippen molar-refractivity contribution in [1.82, 2.24) is 20.4 Å². The fourth-order valence-electron chi connectivity index (χ4n) is 6.05. The predicted molar refractivity (Wildman–Crippen MR) is 147 cm³/mol. The highest BCUT2D eigenvalue weighted by atomic mass is 19.4. The highest BCUT2D eigenvalue weighted by Crippen LogP contribution is 2.42. The number of nitrogens with zero attached hydrogens (tertiary/aromatic N) is 2. The van der Waals surface area contributed by atoms with Crippen LogP contribution in [-0.4, -0.2) is 52.8 Å². The molecule has 7 nitrogen and oxygen atoms in total. The fourth-order valence-corrected chi connectivity index (χ4v) is 6.05. The third-order valence-electron chi connectivity index (χ3n) is 8.04. The van der Waals surface area contributed by atoms with E-state index in [2.05, 4.69) is 17.2 Å². The van der Waals surface area contributed by atoms with Crippen molar-refractivity contribution in [3.05, 3.63) is 95.2 Å². The SMILES string of the molecule is C=CCN1C(=O)N[C@@H](c2ccccc2C(F)(F)F)C2=C1CN([C@H](Cc1ccccc1)C(=O)NC1CCCCC1)C2=O. The zero-order chi connectivity index (χ0) is 29.1. The first-order valence-corrected chi connectivity index (χ1v) is 13.9. The van der Waals surface area contributed by atoms with Gasteiger partial charge in [0.05, 0.1) is 29.4 Å². The van der Waals surface area contributed by atoms with Gasteiger partial charge < -0.3 is 15.5 Å². The summed E-state index contributed by atoms with van der Waals surface area (Å²) in [5.41, 5.74) is -0.00191. The lowest BCUT2D eigenvalue weighted by Gasteiger charge is -2.33. The molecule has 2 atom stereocenters. The molecule has 2 aromatic rings. The molecule has 2 N–H and O–H groups in total. The van der Waals surface area contributed by atoms with Gasteiger partial charge in [-0.25, -0.2) is 4.79 Å². The van der Waals surface area contributed by atoms with E-state index in [4.69, 9.17) is 0 Å². The van der Waals surface area contributed by atoms with Gasteiger partial charge in [0.15, 0.2) is 0 Å². The minimum Gasteiger partial charge on any atom is -0.352 e. The minimum atomic E-state index is -4.70. The number of benzene rings is 2. The zero-order valence-electron chi connectivity index (χ0n) is 22.6. The van der Waals surface area contributed by atoms with Gasteiger partial charge in [-0.15, -0.1) is 6.58 Å². The summed E-state index contributed by atoms with van der Waals surface area (Å²) < 4.78 is 42.0. The van der Waals surface area contributed by atoms with Gasteiger partial charge in [-0.2, -0.15) is 13.2 Å². The maximum absolute atomic E-state index is 14.2. The Balaban J connectivity index is 1.54. The van der Waals surface area contributed by atoms with E-state index in [1.165, 1.54) is 34.1 Å². The van der Waals surface area contributed by atoms with Crippen molar-refractivity contribution in [3.8, 4) is 0 Å². The Labute approximate surface area is 237 Å². The Bertz CT molecular complexity index is 1350. The molecule has 0 saturated heterocycles. The van der Waals surface area contributed by atoms with Gasteiger partial charge in [0.25, 0.3) is 5.91 Å². The summed E-state index contributed by atoms with van der Waals surface area (Å²) in [6.45, 7) is 3.66. The van der Waals surface area contributed by atoms with Gasteiger partial charge in [0.1, 0.15) is 6.04 Å². The number of carbonyl (C=O) groups is 3. The maximum atomic E-state index is 14.2. The smallest absolute Gasteiger partial charge is 0.352 e. The van der Waals surface area contributed by atoms with Gasteiger partial charge in [-0.05, 0) is 30.0 Å². The number of nitrogens with one attached hydrogen (secondary N) is 2. The van der Waals surface area contributed by atoms with Crippen LogP contribution in [0.25, 0.3) is 0 Å². The summed E-state index contributed by atoms with van der Waals surface area (Å²) >= 11 is 0. The quantitative estimate of drug-likeness (QED) is 0.436. The highest BCUT2D eigenvalue weighted by Gasteiger charge is 2.48. The van der Waals surface area contributed by atoms with Crippen molar-refractivity contribution in [3.63, 3.8) is 0 Å². The van der Waals surface area contributed by atoms with Crippen LogP contribution in [0, 0.1) is 0 Å². The number of alkyl halides is 3. The van der Waals surface area contributed by atoms with Crippen LogP contribution in [0.3, 0.4) is 0 Å². The molecule has 0 unspecified atom stereocenters. The topological polar surface area (TPSA) is 81.8 Å². The van der Waals surface area contributed by atoms with E-state index in [1.807, 2.05) is 30.3 Å². The Kier molecular flexibility index (Phi) is 8.19. The number of urea groups is 1. The molecule has 2 aromatic carbocycles. The van der Waals surface area contributed by atoms with Crippen LogP contribution in [0.1, 0.15) is 54.8 Å². The summed E-state index contributed by atoms with van der Waals surface area (Å²) in [6, 6.07) is 11.3. The molecule has 216 valence electrons. The van der Waals surface area contributed by atoms with Crippen LogP contribution in [0.5, 0.6) is 0 Å². The second kappa shape index (κ2) is 11.8. The molecule has 41 heavy (non-hydrogen) atoms. The molecule has 0 spiro atoms. The van der Waals surface area contributed by atoms with Gasteiger partial charge in [-0.3, -0.25) is 14.5 Å². The maximum Gasteiger partial charge on any atom is 0.416 e. The lowest BCUT2D eigenvalue weighted by atomic mass is 9.91. The molecule has 1 saturated carbocycles. The predicted octanol–water partition coefficient (Wildman–Crippen LogP) is 5.11. The molecule has 2 heterocycles. The van der Waals surface area contributed by atoms with E-state index >= 15 is 0 Å². The van der Waals surface area contributed by atoms with Crippen LogP contribution in [0.15, 0.2) is 78.5 Å². The third-order valence-corrected chi connectivity index (χ3v) is 8.04. The van der Waals surface area contributed by atoms with Crippen molar-refractivity contribution in [1.29, 1.82) is 0 Å². The number of carbonyl (C=O) groups excluding carboxylic acids is 3. The lowest BCUT2D eigenvalue weighted by molar-refractivity contribution is -0.138. The molecule has 0 bridgehead atoms. The first-order chi connectivity index (χ1) is 19.7. The molecule has 2 aliphatic heterocycles. The van der Waals surface area contributed by atoms with Gasteiger partial charge in [0.2, 0.25) is 5.91 Å². The number of rotatable bonds is 8. The van der Waals surface area contributed by atoms with Crippen molar-refractivity contribution in [2.75, 3.05) is 13.1 Å². The Morgan fingerprint density at radius 1 is 1.05 bits per heavy atom. The highest BCUT2D eigenvalue weighted by molar-refractivity contribution is 6.03. The van der Waals surface area contributed by atoms with E-state index < -0.39 is 35.8 Å². The third kappa shape index (κ3) is 5.87. The Hall–Kier alpha value is -4.08. The normalized spacial score (nSPS) is 20.5. The molecular weight excluding hydrogens is 533 g/mol. The molecule has 0 aromatic heterocycles. The van der Waals surface area contributed by atoms with Crippen molar-refractivity contribution in [2.45, 2.75) is 62.8 Å². The second-order valence-corrected chi connectivity index (χ2v) is 10.7. The average Bonchev–Trinajstić information content (AvgIpc) is 3.30. The van der Waals surface area contributed by atoms with Crippen molar-refractivity contribution >= 4 is 17.8 Å². The molecular formula is C31H33F3N4O3. The monoisotopic (exact) mass is 566 g/mol. The van der Waals surface area contributed by atoms with Gasteiger partial charge in [0, 0.05) is 19.0 Å². The average molecular weight is 567 g/mol. The summed E-state index contributed by atoms with van der Waals surface area (Å²) in [5.74, 6) is -0.883. The van der Waals surface area contributed by atoms with E-state index in [-0.39, 0.29) is 48.3 Å². The van der Waals surface area contributed by atoms with Crippen LogP contribution >= 0.6 is 0 Å². The first kappa shape index (κ1) is 28.4. The van der Waals surface area contributed by atoms with E-state index in [0.29, 0.717) is 0 Å². The minimum absolute atomic E-state index is 0.00160. The summed E-state index contributed by atoms with van der Waals surface area (Å²) in [5, 5.41) is 5.74. The van der Waals surface area contributed by atoms with E-state index in [1.54, 1.807) is 0 Å². The Morgan fingerprint density at radius 2 is 1.73 bits per heavy atom. The van der Waals surface area contributed by atoms with Crippen LogP contribution < -0.4 is 10.6 Å². The molecule has 3 aliphatic rings. The zero-order valence-corrected chi connectivity index (χ0v) is 22.6. The largest absolute Gasteiger partial charge is 0.416 e. The molecule has 5 rings (SSSR count). The number of hydrogen-bond donors (Lipinski definition) is 2. The van der Waals surface area contributed by atoms with Crippen LogP contribution in [-0.2, 0) is 22.2 Å². The van der Waals surface area contributed by atoms with E-state index in [0.717, 1.165) is 43.7 Å². The van der Waals surface area contributed by atoms with E-state index in [9.17, 15) is 27.6 Å².